The first-order valence-electron chi connectivity index (χ1n) is 8.61. The number of nitrogens with zero attached hydrogens (tertiary/aromatic N) is 4. The summed E-state index contributed by atoms with van der Waals surface area (Å²) in [5.41, 5.74) is 2.59. The Morgan fingerprint density at radius 3 is 2.70 bits per heavy atom. The number of aromatic nitrogens is 4. The largest absolute Gasteiger partial charge is 0.497 e. The molecule has 27 heavy (non-hydrogen) atoms. The van der Waals surface area contributed by atoms with Crippen molar-refractivity contribution in [3.05, 3.63) is 45.6 Å². The van der Waals surface area contributed by atoms with E-state index in [1.54, 1.807) is 31.8 Å². The molecule has 0 atom stereocenters. The molecular weight excluding hydrogens is 368 g/mol. The molecule has 2 heterocycles. The Morgan fingerprint density at radius 2 is 2.00 bits per heavy atom. The summed E-state index contributed by atoms with van der Waals surface area (Å²) >= 11 is 6.42. The van der Waals surface area contributed by atoms with Gasteiger partial charge in [0.15, 0.2) is 5.65 Å². The molecule has 0 amide bonds. The molecule has 0 bridgehead atoms. The maximum absolute atomic E-state index is 12.6. The van der Waals surface area contributed by atoms with Crippen LogP contribution in [0.1, 0.15) is 18.5 Å². The molecule has 2 aromatic heterocycles. The van der Waals surface area contributed by atoms with Gasteiger partial charge in [-0.15, -0.1) is 0 Å². The van der Waals surface area contributed by atoms with Crippen LogP contribution in [0.2, 0.25) is 5.02 Å². The van der Waals surface area contributed by atoms with Crippen molar-refractivity contribution in [2.75, 3.05) is 20.8 Å². The fraction of sp³-hybridized carbons (Fsp3) is 0.368. The third-order valence-corrected chi connectivity index (χ3v) is 4.62. The number of benzene rings is 1. The van der Waals surface area contributed by atoms with Crippen LogP contribution in [0.3, 0.4) is 0 Å². The molecule has 7 nitrogen and oxygen atoms in total. The minimum absolute atomic E-state index is 0.148. The standard InChI is InChI=1S/C19H21ClN4O3/c1-12-19(25)24(8-4-5-9-26-2)18-17(23-12)16(21-11-22-18)14-7-6-13(27-3)10-15(14)20/h6-7,10-11H,4-5,8-9H2,1-3H3. The number of fused-ring (bicyclic) bond motifs is 1. The van der Waals surface area contributed by atoms with E-state index < -0.39 is 0 Å². The molecule has 3 aromatic rings. The first-order chi connectivity index (χ1) is 13.1. The lowest BCUT2D eigenvalue weighted by atomic mass is 10.1. The summed E-state index contributed by atoms with van der Waals surface area (Å²) in [6.07, 6.45) is 3.09. The van der Waals surface area contributed by atoms with Crippen molar-refractivity contribution >= 4 is 22.8 Å². The van der Waals surface area contributed by atoms with Gasteiger partial charge in [0.2, 0.25) is 0 Å². The van der Waals surface area contributed by atoms with Crippen molar-refractivity contribution in [1.29, 1.82) is 0 Å². The van der Waals surface area contributed by atoms with Crippen molar-refractivity contribution in [1.82, 2.24) is 19.5 Å². The average Bonchev–Trinajstić information content (AvgIpc) is 2.67. The number of methoxy groups -OCH3 is 2. The second-order valence-corrected chi connectivity index (χ2v) is 6.50. The molecule has 0 aliphatic heterocycles. The summed E-state index contributed by atoms with van der Waals surface area (Å²) in [5.74, 6) is 0.654. The quantitative estimate of drug-likeness (QED) is 0.578. The molecule has 0 aliphatic rings. The smallest absolute Gasteiger partial charge is 0.273 e. The summed E-state index contributed by atoms with van der Waals surface area (Å²) in [4.78, 5) is 25.8. The Morgan fingerprint density at radius 1 is 1.19 bits per heavy atom. The van der Waals surface area contributed by atoms with Crippen molar-refractivity contribution < 1.29 is 9.47 Å². The van der Waals surface area contributed by atoms with Gasteiger partial charge in [-0.1, -0.05) is 11.6 Å². The fourth-order valence-corrected chi connectivity index (χ4v) is 3.17. The van der Waals surface area contributed by atoms with Crippen molar-refractivity contribution in [2.24, 2.45) is 0 Å². The van der Waals surface area contributed by atoms with Crippen LogP contribution < -0.4 is 10.3 Å². The van der Waals surface area contributed by atoms with Gasteiger partial charge in [0, 0.05) is 25.8 Å². The van der Waals surface area contributed by atoms with Crippen molar-refractivity contribution in [2.45, 2.75) is 26.3 Å². The number of hydrogen-bond donors (Lipinski definition) is 0. The minimum Gasteiger partial charge on any atom is -0.497 e. The van der Waals surface area contributed by atoms with Crippen LogP contribution in [0.15, 0.2) is 29.3 Å². The van der Waals surface area contributed by atoms with Crippen LogP contribution >= 0.6 is 11.6 Å². The molecule has 0 unspecified atom stereocenters. The van der Waals surface area contributed by atoms with E-state index in [9.17, 15) is 4.79 Å². The number of rotatable bonds is 7. The van der Waals surface area contributed by atoms with Gasteiger partial charge in [-0.3, -0.25) is 9.36 Å². The average molecular weight is 389 g/mol. The number of halogens is 1. The lowest BCUT2D eigenvalue weighted by molar-refractivity contribution is 0.191. The first kappa shape index (κ1) is 19.3. The minimum atomic E-state index is -0.148. The Balaban J connectivity index is 2.14. The van der Waals surface area contributed by atoms with E-state index in [0.29, 0.717) is 52.0 Å². The van der Waals surface area contributed by atoms with Crippen LogP contribution in [0.5, 0.6) is 5.75 Å². The van der Waals surface area contributed by atoms with Gasteiger partial charge in [-0.25, -0.2) is 15.0 Å². The lowest BCUT2D eigenvalue weighted by Crippen LogP contribution is -2.25. The third-order valence-electron chi connectivity index (χ3n) is 4.30. The Kier molecular flexibility index (Phi) is 6.03. The predicted octanol–water partition coefficient (Wildman–Crippen LogP) is 3.25. The van der Waals surface area contributed by atoms with E-state index >= 15 is 0 Å². The molecule has 142 valence electrons. The Labute approximate surface area is 162 Å². The number of unbranched alkanes of at least 4 members (excludes halogenated alkanes) is 1. The van der Waals surface area contributed by atoms with Gasteiger partial charge in [-0.05, 0) is 38.0 Å². The molecule has 0 spiro atoms. The van der Waals surface area contributed by atoms with Gasteiger partial charge in [0.05, 0.1) is 12.1 Å². The summed E-state index contributed by atoms with van der Waals surface area (Å²) < 4.78 is 11.9. The lowest BCUT2D eigenvalue weighted by Gasteiger charge is -2.13. The molecule has 0 fully saturated rings. The van der Waals surface area contributed by atoms with Gasteiger partial charge < -0.3 is 9.47 Å². The van der Waals surface area contributed by atoms with E-state index in [-0.39, 0.29) is 5.56 Å². The summed E-state index contributed by atoms with van der Waals surface area (Å²) in [5, 5.41) is 0.492. The molecule has 0 radical (unpaired) electrons. The summed E-state index contributed by atoms with van der Waals surface area (Å²) in [6, 6.07) is 5.36. The van der Waals surface area contributed by atoms with Crippen LogP contribution in [-0.2, 0) is 11.3 Å². The fourth-order valence-electron chi connectivity index (χ4n) is 2.91. The highest BCUT2D eigenvalue weighted by atomic mass is 35.5. The van der Waals surface area contributed by atoms with Crippen LogP contribution in [0.4, 0.5) is 0 Å². The third kappa shape index (κ3) is 3.94. The highest BCUT2D eigenvalue weighted by molar-refractivity contribution is 6.33. The Bertz CT molecular complexity index is 1020. The van der Waals surface area contributed by atoms with Gasteiger partial charge in [0.25, 0.3) is 5.56 Å². The Hall–Kier alpha value is -2.51. The van der Waals surface area contributed by atoms with E-state index in [2.05, 4.69) is 15.0 Å². The molecule has 0 saturated heterocycles. The number of ether oxygens (including phenoxy) is 2. The topological polar surface area (TPSA) is 79.1 Å². The van der Waals surface area contributed by atoms with E-state index in [4.69, 9.17) is 21.1 Å². The van der Waals surface area contributed by atoms with Crippen LogP contribution in [-0.4, -0.2) is 40.3 Å². The van der Waals surface area contributed by atoms with Crippen LogP contribution in [0.25, 0.3) is 22.4 Å². The molecular formula is C19H21ClN4O3. The molecule has 0 aliphatic carbocycles. The second kappa shape index (κ2) is 8.45. The highest BCUT2D eigenvalue weighted by Gasteiger charge is 2.16. The van der Waals surface area contributed by atoms with Crippen LogP contribution in [0, 0.1) is 6.92 Å². The molecule has 0 N–H and O–H groups in total. The van der Waals surface area contributed by atoms with Gasteiger partial charge in [-0.2, -0.15) is 0 Å². The summed E-state index contributed by atoms with van der Waals surface area (Å²) in [7, 11) is 3.24. The number of hydrogen-bond acceptors (Lipinski definition) is 6. The van der Waals surface area contributed by atoms with Gasteiger partial charge >= 0.3 is 0 Å². The van der Waals surface area contributed by atoms with Crippen molar-refractivity contribution in [3.8, 4) is 17.0 Å². The van der Waals surface area contributed by atoms with Crippen molar-refractivity contribution in [3.63, 3.8) is 0 Å². The number of aryl methyl sites for hydroxylation is 2. The van der Waals surface area contributed by atoms with E-state index in [1.807, 2.05) is 12.1 Å². The monoisotopic (exact) mass is 388 g/mol. The van der Waals surface area contributed by atoms with E-state index in [0.717, 1.165) is 12.8 Å². The highest BCUT2D eigenvalue weighted by Crippen LogP contribution is 2.32. The SMILES string of the molecule is COCCCCn1c(=O)c(C)nc2c(-c3ccc(OC)cc3Cl)ncnc21. The normalized spacial score (nSPS) is 11.1. The van der Waals surface area contributed by atoms with E-state index in [1.165, 1.54) is 6.33 Å². The zero-order valence-electron chi connectivity index (χ0n) is 15.5. The second-order valence-electron chi connectivity index (χ2n) is 6.09. The molecule has 8 heteroatoms. The zero-order valence-corrected chi connectivity index (χ0v) is 16.3. The predicted molar refractivity (Wildman–Crippen MR) is 104 cm³/mol. The summed E-state index contributed by atoms with van der Waals surface area (Å²) in [6.45, 7) is 2.88. The molecule has 1 aromatic carbocycles. The maximum atomic E-state index is 12.6. The zero-order chi connectivity index (χ0) is 19.4. The first-order valence-corrected chi connectivity index (χ1v) is 8.99. The molecule has 0 saturated carbocycles. The molecule has 3 rings (SSSR count). The maximum Gasteiger partial charge on any atom is 0.273 e. The van der Waals surface area contributed by atoms with Gasteiger partial charge in [0.1, 0.15) is 29.0 Å².